The minimum Gasteiger partial charge on any atom is -0.512 e. The van der Waals surface area contributed by atoms with Crippen LogP contribution in [0.25, 0.3) is 0 Å². The topological polar surface area (TPSA) is 55.8 Å². The molecule has 4 heteroatoms. The first kappa shape index (κ1) is 10.5. The molecule has 0 saturated carbocycles. The van der Waals surface area contributed by atoms with Gasteiger partial charge in [-0.1, -0.05) is 0 Å². The number of aliphatic hydroxyl groups is 1. The highest BCUT2D eigenvalue weighted by molar-refractivity contribution is 5.91. The highest BCUT2D eigenvalue weighted by Gasteiger charge is 2.43. The van der Waals surface area contributed by atoms with E-state index < -0.39 is 0 Å². The molecule has 2 aliphatic rings. The lowest BCUT2D eigenvalue weighted by Crippen LogP contribution is -2.46. The van der Waals surface area contributed by atoms with Crippen LogP contribution >= 0.6 is 0 Å². The maximum absolute atomic E-state index is 11.6. The molecule has 1 heterocycles. The van der Waals surface area contributed by atoms with Gasteiger partial charge in [0.15, 0.2) is 0 Å². The number of fused-ring (bicyclic) bond motifs is 1. The van der Waals surface area contributed by atoms with E-state index in [9.17, 15) is 9.90 Å². The van der Waals surface area contributed by atoms with Crippen molar-refractivity contribution in [3.05, 3.63) is 11.3 Å². The molecule has 1 saturated heterocycles. The first-order valence-electron chi connectivity index (χ1n) is 5.31. The van der Waals surface area contributed by atoms with Gasteiger partial charge < -0.3 is 14.6 Å². The number of methoxy groups -OCH3 is 1. The molecule has 4 nitrogen and oxygen atoms in total. The molecule has 1 aliphatic heterocycles. The summed E-state index contributed by atoms with van der Waals surface area (Å²) in [7, 11) is 1.61. The van der Waals surface area contributed by atoms with Crippen LogP contribution in [0.1, 0.15) is 26.2 Å². The Balaban J connectivity index is 2.35. The largest absolute Gasteiger partial charge is 0.512 e. The van der Waals surface area contributed by atoms with Gasteiger partial charge in [-0.05, 0) is 19.8 Å². The summed E-state index contributed by atoms with van der Waals surface area (Å²) >= 11 is 0. The Morgan fingerprint density at radius 2 is 2.27 bits per heavy atom. The molecule has 0 spiro atoms. The first-order chi connectivity index (χ1) is 7.15. The summed E-state index contributed by atoms with van der Waals surface area (Å²) in [5.74, 6) is -0.191. The van der Waals surface area contributed by atoms with Crippen molar-refractivity contribution in [3.8, 4) is 0 Å². The summed E-state index contributed by atoms with van der Waals surface area (Å²) in [5, 5.41) is 9.70. The van der Waals surface area contributed by atoms with E-state index in [-0.39, 0.29) is 29.9 Å². The van der Waals surface area contributed by atoms with Crippen molar-refractivity contribution in [1.29, 1.82) is 0 Å². The molecule has 0 aromatic rings. The number of carbonyl (C=O) groups excluding carboxylic acids is 1. The molecule has 1 fully saturated rings. The third-order valence-corrected chi connectivity index (χ3v) is 3.25. The maximum Gasteiger partial charge on any atom is 0.338 e. The number of aliphatic hydroxyl groups excluding tert-OH is 1. The molecular weight excluding hydrogens is 196 g/mol. The fourth-order valence-corrected chi connectivity index (χ4v) is 2.56. The van der Waals surface area contributed by atoms with Gasteiger partial charge in [-0.2, -0.15) is 0 Å². The molecule has 0 radical (unpaired) electrons. The Labute approximate surface area is 88.9 Å². The zero-order chi connectivity index (χ0) is 11.0. The van der Waals surface area contributed by atoms with Crippen LogP contribution in [0.5, 0.6) is 0 Å². The van der Waals surface area contributed by atoms with Crippen LogP contribution in [0.15, 0.2) is 11.3 Å². The average Bonchev–Trinajstić information content (AvgIpc) is 2.17. The van der Waals surface area contributed by atoms with E-state index in [0.717, 1.165) is 12.8 Å². The third-order valence-electron chi connectivity index (χ3n) is 3.25. The molecule has 0 aromatic heterocycles. The second-order valence-corrected chi connectivity index (χ2v) is 4.17. The molecule has 3 atom stereocenters. The van der Waals surface area contributed by atoms with Gasteiger partial charge in [0, 0.05) is 19.4 Å². The molecule has 1 aliphatic carbocycles. The van der Waals surface area contributed by atoms with Crippen molar-refractivity contribution in [1.82, 2.24) is 0 Å². The molecule has 0 aromatic carbocycles. The van der Waals surface area contributed by atoms with Crippen LogP contribution in [0.2, 0.25) is 0 Å². The van der Waals surface area contributed by atoms with Crippen LogP contribution in [0, 0.1) is 5.92 Å². The van der Waals surface area contributed by atoms with E-state index in [0.29, 0.717) is 12.0 Å². The minimum absolute atomic E-state index is 0.000000000000000444. The fourth-order valence-electron chi connectivity index (χ4n) is 2.56. The van der Waals surface area contributed by atoms with Crippen molar-refractivity contribution >= 4 is 5.97 Å². The molecule has 15 heavy (non-hydrogen) atoms. The van der Waals surface area contributed by atoms with Crippen molar-refractivity contribution in [2.75, 3.05) is 7.11 Å². The van der Waals surface area contributed by atoms with E-state index in [2.05, 4.69) is 0 Å². The predicted molar refractivity (Wildman–Crippen MR) is 53.3 cm³/mol. The van der Waals surface area contributed by atoms with E-state index in [1.165, 1.54) is 0 Å². The molecule has 1 N–H and O–H groups in total. The number of hydrogen-bond acceptors (Lipinski definition) is 4. The summed E-state index contributed by atoms with van der Waals surface area (Å²) in [6.07, 6.45) is 2.01. The minimum atomic E-state index is -0.377. The van der Waals surface area contributed by atoms with Gasteiger partial charge in [-0.15, -0.1) is 0 Å². The number of rotatable bonds is 1. The van der Waals surface area contributed by atoms with Crippen LogP contribution in [-0.2, 0) is 14.3 Å². The van der Waals surface area contributed by atoms with E-state index in [4.69, 9.17) is 9.47 Å². The standard InChI is InChI=1S/C11H16O4/c1-6-10(14-2)7-4-3-5-8(12)9(7)11(13)15-6/h6-7,10,12H,3-5H2,1-2H3/t6-,7-,10-/m1/s1. The van der Waals surface area contributed by atoms with Crippen LogP contribution in [0.3, 0.4) is 0 Å². The smallest absolute Gasteiger partial charge is 0.338 e. The van der Waals surface area contributed by atoms with Gasteiger partial charge in [0.25, 0.3) is 0 Å². The molecular formula is C11H16O4. The van der Waals surface area contributed by atoms with Crippen molar-refractivity contribution in [2.45, 2.75) is 38.4 Å². The van der Waals surface area contributed by atoms with E-state index in [1.54, 1.807) is 7.11 Å². The van der Waals surface area contributed by atoms with Crippen LogP contribution in [0.4, 0.5) is 0 Å². The summed E-state index contributed by atoms with van der Waals surface area (Å²) < 4.78 is 10.5. The average molecular weight is 212 g/mol. The summed E-state index contributed by atoms with van der Waals surface area (Å²) in [6, 6.07) is 0. The lowest BCUT2D eigenvalue weighted by molar-refractivity contribution is -0.162. The third kappa shape index (κ3) is 1.63. The summed E-state index contributed by atoms with van der Waals surface area (Å²) in [6.45, 7) is 1.83. The van der Waals surface area contributed by atoms with E-state index in [1.807, 2.05) is 6.92 Å². The lowest BCUT2D eigenvalue weighted by atomic mass is 9.79. The van der Waals surface area contributed by atoms with Gasteiger partial charge >= 0.3 is 5.97 Å². The number of esters is 1. The van der Waals surface area contributed by atoms with Crippen molar-refractivity contribution in [2.24, 2.45) is 5.92 Å². The van der Waals surface area contributed by atoms with Crippen LogP contribution < -0.4 is 0 Å². The zero-order valence-corrected chi connectivity index (χ0v) is 9.03. The molecule has 0 unspecified atom stereocenters. The SMILES string of the molecule is CO[C@H]1[C@@H]2CCCC(O)=C2C(=O)O[C@@H]1C. The van der Waals surface area contributed by atoms with Crippen molar-refractivity contribution in [3.63, 3.8) is 0 Å². The van der Waals surface area contributed by atoms with Gasteiger partial charge in [-0.3, -0.25) is 0 Å². The highest BCUT2D eigenvalue weighted by atomic mass is 16.6. The quantitative estimate of drug-likeness (QED) is 0.670. The van der Waals surface area contributed by atoms with Crippen molar-refractivity contribution < 1.29 is 19.4 Å². The predicted octanol–water partition coefficient (Wildman–Crippen LogP) is 1.56. The van der Waals surface area contributed by atoms with Crippen LogP contribution in [-0.4, -0.2) is 30.4 Å². The first-order valence-corrected chi connectivity index (χ1v) is 5.31. The van der Waals surface area contributed by atoms with Gasteiger partial charge in [0.1, 0.15) is 18.0 Å². The monoisotopic (exact) mass is 212 g/mol. The maximum atomic E-state index is 11.6. The number of cyclic esters (lactones) is 1. The van der Waals surface area contributed by atoms with E-state index >= 15 is 0 Å². The fraction of sp³-hybridized carbons (Fsp3) is 0.727. The van der Waals surface area contributed by atoms with Gasteiger partial charge in [0.2, 0.25) is 0 Å². The molecule has 0 bridgehead atoms. The lowest BCUT2D eigenvalue weighted by Gasteiger charge is -2.38. The molecule has 84 valence electrons. The normalized spacial score (nSPS) is 36.1. The Morgan fingerprint density at radius 3 is 2.93 bits per heavy atom. The number of carbonyl (C=O) groups is 1. The number of hydrogen-bond donors (Lipinski definition) is 1. The Kier molecular flexibility index (Phi) is 2.69. The summed E-state index contributed by atoms with van der Waals surface area (Å²) in [4.78, 5) is 11.6. The van der Waals surface area contributed by atoms with Gasteiger partial charge in [0.05, 0.1) is 5.57 Å². The Hall–Kier alpha value is -1.03. The zero-order valence-electron chi connectivity index (χ0n) is 9.03. The molecule has 2 rings (SSSR count). The number of ether oxygens (including phenoxy) is 2. The second kappa shape index (κ2) is 3.85. The summed E-state index contributed by atoms with van der Waals surface area (Å²) in [5.41, 5.74) is 0.436. The highest BCUT2D eigenvalue weighted by Crippen LogP contribution is 2.38. The van der Waals surface area contributed by atoms with Gasteiger partial charge in [-0.25, -0.2) is 4.79 Å². The number of allylic oxidation sites excluding steroid dienone is 1. The molecule has 0 amide bonds. The second-order valence-electron chi connectivity index (χ2n) is 4.17. The Bertz CT molecular complexity index is 308. The Morgan fingerprint density at radius 1 is 1.53 bits per heavy atom.